The van der Waals surface area contributed by atoms with Crippen molar-refractivity contribution in [2.75, 3.05) is 0 Å². The van der Waals surface area contributed by atoms with Gasteiger partial charge in [0.1, 0.15) is 23.8 Å². The van der Waals surface area contributed by atoms with Gasteiger partial charge in [-0.3, -0.25) is 19.2 Å². The van der Waals surface area contributed by atoms with Crippen LogP contribution in [0.15, 0.2) is 0 Å². The molecular weight excluding hydrogens is 449 g/mol. The number of alkyl halides is 1. The number of halogens is 1. The Hall–Kier alpha value is -2.92. The van der Waals surface area contributed by atoms with Gasteiger partial charge in [-0.2, -0.15) is 0 Å². The fraction of sp³-hybridized carbons (Fsp3) is 0.773. The van der Waals surface area contributed by atoms with E-state index in [-0.39, 0.29) is 37.1 Å². The van der Waals surface area contributed by atoms with Crippen LogP contribution in [-0.2, 0) is 19.2 Å². The van der Waals surface area contributed by atoms with E-state index in [1.807, 2.05) is 0 Å². The topological polar surface area (TPSA) is 180 Å². The van der Waals surface area contributed by atoms with Crippen molar-refractivity contribution in [1.29, 1.82) is 0 Å². The van der Waals surface area contributed by atoms with Gasteiger partial charge >= 0.3 is 6.09 Å². The molecule has 4 atom stereocenters. The molecule has 12 heteroatoms. The molecule has 3 rings (SSSR count). The van der Waals surface area contributed by atoms with Gasteiger partial charge in [0.25, 0.3) is 0 Å². The van der Waals surface area contributed by atoms with E-state index < -0.39 is 58.9 Å². The zero-order valence-corrected chi connectivity index (χ0v) is 19.7. The maximum absolute atomic E-state index is 14.6. The number of hydrogen-bond donors (Lipinski definition) is 6. The highest BCUT2D eigenvalue weighted by molar-refractivity contribution is 5.94. The van der Waals surface area contributed by atoms with Crippen LogP contribution in [0, 0.1) is 11.3 Å². The first-order valence-corrected chi connectivity index (χ1v) is 11.5. The van der Waals surface area contributed by atoms with Gasteiger partial charge in [0.15, 0.2) is 0 Å². The van der Waals surface area contributed by atoms with Crippen LogP contribution in [0.25, 0.3) is 0 Å². The van der Waals surface area contributed by atoms with E-state index >= 15 is 0 Å². The zero-order valence-electron chi connectivity index (χ0n) is 19.7. The minimum absolute atomic E-state index is 0.00127. The molecule has 190 valence electrons. The van der Waals surface area contributed by atoms with Gasteiger partial charge < -0.3 is 32.1 Å². The van der Waals surface area contributed by atoms with E-state index in [9.17, 15) is 28.4 Å². The molecule has 3 aliphatic rings. The quantitative estimate of drug-likeness (QED) is 0.256. The van der Waals surface area contributed by atoms with Gasteiger partial charge in [0, 0.05) is 17.9 Å². The molecule has 0 radical (unpaired) electrons. The molecule has 5 amide bonds. The summed E-state index contributed by atoms with van der Waals surface area (Å²) < 4.78 is 14.6. The molecule has 1 heterocycles. The molecule has 2 saturated carbocycles. The smallest absolute Gasteiger partial charge is 0.405 e. The normalized spacial score (nSPS) is 24.4. The van der Waals surface area contributed by atoms with Crippen LogP contribution in [0.2, 0.25) is 0 Å². The highest BCUT2D eigenvalue weighted by atomic mass is 19.1. The lowest BCUT2D eigenvalue weighted by atomic mass is 9.86. The molecular formula is C22H34FN5O6. The van der Waals surface area contributed by atoms with Gasteiger partial charge in [-0.1, -0.05) is 20.8 Å². The molecule has 0 bridgehead atoms. The number of rotatable bonds is 10. The lowest BCUT2D eigenvalue weighted by molar-refractivity contribution is -0.133. The monoisotopic (exact) mass is 483 g/mol. The highest BCUT2D eigenvalue weighted by Gasteiger charge is 2.53. The molecule has 3 fully saturated rings. The molecule has 1 spiro atoms. The largest absolute Gasteiger partial charge is 0.465 e. The molecule has 7 N–H and O–H groups in total. The number of hydrogen-bond acceptors (Lipinski definition) is 5. The third-order valence-electron chi connectivity index (χ3n) is 6.82. The summed E-state index contributed by atoms with van der Waals surface area (Å²) in [5.41, 5.74) is 2.80. The van der Waals surface area contributed by atoms with Crippen molar-refractivity contribution in [3.63, 3.8) is 0 Å². The number of carboxylic acid groups (broad SMARTS) is 1. The van der Waals surface area contributed by atoms with Crippen molar-refractivity contribution in [1.82, 2.24) is 21.3 Å². The van der Waals surface area contributed by atoms with Gasteiger partial charge in [0.05, 0.1) is 0 Å². The molecule has 1 aliphatic heterocycles. The number of carbonyl (C=O) groups excluding carboxylic acids is 4. The average molecular weight is 484 g/mol. The SMILES string of the molecule is CC(C)(C)[C@H](NC(=O)O)C(=O)N[C@@H](CC1(F)CC1)C(=O)N[C@@H](C[C@@H]1CC2(CC2)NC1=O)C(N)=O. The van der Waals surface area contributed by atoms with E-state index in [1.54, 1.807) is 20.8 Å². The second kappa shape index (κ2) is 9.03. The summed E-state index contributed by atoms with van der Waals surface area (Å²) in [5.74, 6) is -3.14. The highest BCUT2D eigenvalue weighted by Crippen LogP contribution is 2.46. The molecule has 1 saturated heterocycles. The first-order chi connectivity index (χ1) is 15.6. The maximum atomic E-state index is 14.6. The van der Waals surface area contributed by atoms with Crippen LogP contribution in [0.1, 0.15) is 65.7 Å². The second-order valence-electron chi connectivity index (χ2n) is 11.0. The number of carbonyl (C=O) groups is 5. The van der Waals surface area contributed by atoms with Crippen LogP contribution in [0.4, 0.5) is 9.18 Å². The minimum atomic E-state index is -1.63. The maximum Gasteiger partial charge on any atom is 0.405 e. The fourth-order valence-electron chi connectivity index (χ4n) is 4.42. The van der Waals surface area contributed by atoms with Gasteiger partial charge in [-0.25, -0.2) is 9.18 Å². The lowest BCUT2D eigenvalue weighted by Gasteiger charge is -2.31. The summed E-state index contributed by atoms with van der Waals surface area (Å²) in [6.45, 7) is 4.92. The van der Waals surface area contributed by atoms with Gasteiger partial charge in [0.2, 0.25) is 23.6 Å². The third-order valence-corrected chi connectivity index (χ3v) is 6.82. The summed E-state index contributed by atoms with van der Waals surface area (Å²) in [7, 11) is 0. The molecule has 0 aromatic heterocycles. The molecule has 0 aromatic rings. The predicted molar refractivity (Wildman–Crippen MR) is 118 cm³/mol. The minimum Gasteiger partial charge on any atom is -0.465 e. The van der Waals surface area contributed by atoms with E-state index in [4.69, 9.17) is 10.8 Å². The van der Waals surface area contributed by atoms with E-state index in [2.05, 4.69) is 21.3 Å². The van der Waals surface area contributed by atoms with E-state index in [0.717, 1.165) is 12.8 Å². The number of primary amides is 1. The average Bonchev–Trinajstić information content (AvgIpc) is 3.59. The summed E-state index contributed by atoms with van der Waals surface area (Å²) >= 11 is 0. The van der Waals surface area contributed by atoms with Gasteiger partial charge in [-0.05, 0) is 43.9 Å². The van der Waals surface area contributed by atoms with Crippen LogP contribution in [-0.4, -0.2) is 64.2 Å². The third kappa shape index (κ3) is 6.35. The first kappa shape index (κ1) is 25.7. The summed E-state index contributed by atoms with van der Waals surface area (Å²) in [5, 5.41) is 19.1. The Morgan fingerprint density at radius 3 is 2.12 bits per heavy atom. The predicted octanol–water partition coefficient (Wildman–Crippen LogP) is 0.0746. The van der Waals surface area contributed by atoms with Crippen LogP contribution in [0.5, 0.6) is 0 Å². The van der Waals surface area contributed by atoms with Crippen molar-refractivity contribution >= 4 is 29.7 Å². The fourth-order valence-corrected chi connectivity index (χ4v) is 4.42. The molecule has 34 heavy (non-hydrogen) atoms. The summed E-state index contributed by atoms with van der Waals surface area (Å²) in [6.07, 6.45) is 1.00. The van der Waals surface area contributed by atoms with Crippen LogP contribution >= 0.6 is 0 Å². The van der Waals surface area contributed by atoms with Crippen molar-refractivity contribution in [3.05, 3.63) is 0 Å². The van der Waals surface area contributed by atoms with E-state index in [0.29, 0.717) is 6.42 Å². The number of nitrogens with two attached hydrogens (primary N) is 1. The molecule has 11 nitrogen and oxygen atoms in total. The molecule has 2 aliphatic carbocycles. The summed E-state index contributed by atoms with van der Waals surface area (Å²) in [4.78, 5) is 61.4. The first-order valence-electron chi connectivity index (χ1n) is 11.5. The van der Waals surface area contributed by atoms with Crippen molar-refractivity contribution in [3.8, 4) is 0 Å². The second-order valence-corrected chi connectivity index (χ2v) is 11.0. The number of nitrogens with one attached hydrogen (secondary N) is 4. The summed E-state index contributed by atoms with van der Waals surface area (Å²) in [6, 6.07) is -3.74. The molecule has 0 unspecified atom stereocenters. The Morgan fingerprint density at radius 2 is 1.68 bits per heavy atom. The van der Waals surface area contributed by atoms with Gasteiger partial charge in [-0.15, -0.1) is 0 Å². The Labute approximate surface area is 197 Å². The van der Waals surface area contributed by atoms with Crippen molar-refractivity contribution in [2.24, 2.45) is 17.1 Å². The zero-order chi connectivity index (χ0) is 25.5. The Balaban J connectivity index is 1.70. The van der Waals surface area contributed by atoms with Crippen molar-refractivity contribution < 1.29 is 33.5 Å². The molecule has 0 aromatic carbocycles. The Kier molecular flexibility index (Phi) is 6.82. The Morgan fingerprint density at radius 1 is 1.09 bits per heavy atom. The van der Waals surface area contributed by atoms with E-state index in [1.165, 1.54) is 0 Å². The standard InChI is InChI=1S/C22H34FN5O6/c1-20(2,3)14(27-19(33)34)18(32)26-13(10-21(23)4-5-21)17(31)25-12(15(24)29)8-11-9-22(6-7-22)28-16(11)30/h11-14,27H,4-10H2,1-3H3,(H2,24,29)(H,25,31)(H,26,32)(H,28,30)(H,33,34)/t11-,12+,13+,14-/m1/s1. The lowest BCUT2D eigenvalue weighted by Crippen LogP contribution is -2.59. The van der Waals surface area contributed by atoms with Crippen LogP contribution in [0.3, 0.4) is 0 Å². The Bertz CT molecular complexity index is 880. The van der Waals surface area contributed by atoms with Crippen LogP contribution < -0.4 is 27.0 Å². The van der Waals surface area contributed by atoms with Crippen molar-refractivity contribution in [2.45, 2.75) is 95.1 Å². The number of amides is 5.